The number of nitrogens with zero attached hydrogens (tertiary/aromatic N) is 1. The van der Waals surface area contributed by atoms with Gasteiger partial charge in [-0.1, -0.05) is 29.0 Å². The molecule has 3 aromatic rings. The molecule has 1 amide bonds. The number of nitrogens with one attached hydrogen (secondary N) is 2. The number of rotatable bonds is 4. The highest BCUT2D eigenvalue weighted by atomic mass is 35.5. The Morgan fingerprint density at radius 3 is 2.67 bits per heavy atom. The first kappa shape index (κ1) is 19.3. The number of thiocarbonyl (C=S) groups is 1. The van der Waals surface area contributed by atoms with Crippen molar-refractivity contribution in [2.75, 3.05) is 19.5 Å². The van der Waals surface area contributed by atoms with Crippen LogP contribution >= 0.6 is 35.2 Å². The van der Waals surface area contributed by atoms with Crippen molar-refractivity contribution in [2.24, 2.45) is 0 Å². The zero-order valence-electron chi connectivity index (χ0n) is 14.8. The molecular formula is C18H16ClN3O3S2. The number of aryl methyl sites for hydroxylation is 1. The van der Waals surface area contributed by atoms with Crippen LogP contribution in [0.1, 0.15) is 15.9 Å². The molecule has 0 saturated carbocycles. The number of thiazole rings is 1. The summed E-state index contributed by atoms with van der Waals surface area (Å²) < 4.78 is 11.5. The number of anilines is 1. The standard InChI is InChI=1S/C18H16ClN3O3S2/c1-9-4-5-11(12(19)6-9)16(23)21-17(26)22-18-20-15-13(25-3)7-10(24-2)8-14(15)27-18/h4-8H,1-3H3,(H2,20,21,22,23,26). The van der Waals surface area contributed by atoms with Gasteiger partial charge in [0.05, 0.1) is 29.5 Å². The highest BCUT2D eigenvalue weighted by Gasteiger charge is 2.15. The molecular weight excluding hydrogens is 406 g/mol. The molecule has 0 spiro atoms. The van der Waals surface area contributed by atoms with E-state index >= 15 is 0 Å². The highest BCUT2D eigenvalue weighted by molar-refractivity contribution is 7.80. The normalized spacial score (nSPS) is 10.5. The van der Waals surface area contributed by atoms with E-state index in [0.717, 1.165) is 10.3 Å². The fourth-order valence-corrected chi connectivity index (χ4v) is 3.90. The Morgan fingerprint density at radius 1 is 1.22 bits per heavy atom. The van der Waals surface area contributed by atoms with Crippen LogP contribution in [0.2, 0.25) is 5.02 Å². The van der Waals surface area contributed by atoms with Gasteiger partial charge in [0, 0.05) is 6.07 Å². The van der Waals surface area contributed by atoms with Crippen LogP contribution in [0.5, 0.6) is 11.5 Å². The summed E-state index contributed by atoms with van der Waals surface area (Å²) in [6, 6.07) is 8.80. The second-order valence-electron chi connectivity index (χ2n) is 5.59. The lowest BCUT2D eigenvalue weighted by molar-refractivity contribution is 0.0978. The van der Waals surface area contributed by atoms with Crippen molar-refractivity contribution in [2.45, 2.75) is 6.92 Å². The van der Waals surface area contributed by atoms with Crippen LogP contribution < -0.4 is 20.1 Å². The molecule has 9 heteroatoms. The summed E-state index contributed by atoms with van der Waals surface area (Å²) in [6.45, 7) is 1.90. The third-order valence-electron chi connectivity index (χ3n) is 3.71. The van der Waals surface area contributed by atoms with Crippen molar-refractivity contribution in [3.8, 4) is 11.5 Å². The Morgan fingerprint density at radius 2 is 2.00 bits per heavy atom. The minimum absolute atomic E-state index is 0.127. The second-order valence-corrected chi connectivity index (χ2v) is 7.43. The Bertz CT molecular complexity index is 1040. The maximum Gasteiger partial charge on any atom is 0.258 e. The molecule has 0 unspecified atom stereocenters. The molecule has 3 rings (SSSR count). The number of aromatic nitrogens is 1. The molecule has 2 N–H and O–H groups in total. The number of methoxy groups -OCH3 is 2. The number of carbonyl (C=O) groups excluding carboxylic acids is 1. The van der Waals surface area contributed by atoms with Gasteiger partial charge in [-0.25, -0.2) is 4.98 Å². The maximum atomic E-state index is 12.4. The van der Waals surface area contributed by atoms with Crippen LogP contribution in [0, 0.1) is 6.92 Å². The van der Waals surface area contributed by atoms with Crippen molar-refractivity contribution in [3.63, 3.8) is 0 Å². The monoisotopic (exact) mass is 421 g/mol. The predicted molar refractivity (Wildman–Crippen MR) is 113 cm³/mol. The zero-order valence-corrected chi connectivity index (χ0v) is 17.1. The molecule has 140 valence electrons. The number of ether oxygens (including phenoxy) is 2. The summed E-state index contributed by atoms with van der Waals surface area (Å²) in [5.41, 5.74) is 2.00. The van der Waals surface area contributed by atoms with E-state index in [1.54, 1.807) is 32.4 Å². The number of amides is 1. The van der Waals surface area contributed by atoms with Gasteiger partial charge in [0.2, 0.25) is 0 Å². The molecule has 1 heterocycles. The molecule has 0 bridgehead atoms. The van der Waals surface area contributed by atoms with E-state index in [0.29, 0.717) is 32.7 Å². The first-order valence-electron chi connectivity index (χ1n) is 7.82. The average molecular weight is 422 g/mol. The lowest BCUT2D eigenvalue weighted by Gasteiger charge is -2.08. The Labute approximate surface area is 170 Å². The van der Waals surface area contributed by atoms with Gasteiger partial charge < -0.3 is 14.8 Å². The van der Waals surface area contributed by atoms with Gasteiger partial charge in [-0.15, -0.1) is 0 Å². The van der Waals surface area contributed by atoms with Crippen LogP contribution in [0.3, 0.4) is 0 Å². The van der Waals surface area contributed by atoms with E-state index in [2.05, 4.69) is 15.6 Å². The summed E-state index contributed by atoms with van der Waals surface area (Å²) in [7, 11) is 3.15. The third kappa shape index (κ3) is 4.29. The largest absolute Gasteiger partial charge is 0.497 e. The van der Waals surface area contributed by atoms with E-state index in [9.17, 15) is 4.79 Å². The summed E-state index contributed by atoms with van der Waals surface area (Å²) in [4.78, 5) is 16.8. The molecule has 6 nitrogen and oxygen atoms in total. The molecule has 2 aromatic carbocycles. The Hall–Kier alpha value is -2.42. The SMILES string of the molecule is COc1cc(OC)c2nc(NC(=S)NC(=O)c3ccc(C)cc3Cl)sc2c1. The van der Waals surface area contributed by atoms with E-state index in [1.807, 2.05) is 19.1 Å². The maximum absolute atomic E-state index is 12.4. The van der Waals surface area contributed by atoms with E-state index in [1.165, 1.54) is 11.3 Å². The number of hydrogen-bond acceptors (Lipinski definition) is 6. The van der Waals surface area contributed by atoms with Gasteiger partial charge in [0.15, 0.2) is 10.2 Å². The second kappa shape index (κ2) is 8.08. The van der Waals surface area contributed by atoms with Crippen molar-refractivity contribution in [1.82, 2.24) is 10.3 Å². The molecule has 27 heavy (non-hydrogen) atoms. The van der Waals surface area contributed by atoms with Crippen LogP contribution in [-0.4, -0.2) is 30.2 Å². The van der Waals surface area contributed by atoms with Crippen molar-refractivity contribution in [1.29, 1.82) is 0 Å². The summed E-state index contributed by atoms with van der Waals surface area (Å²) in [5, 5.41) is 6.55. The first-order valence-corrected chi connectivity index (χ1v) is 9.42. The molecule has 0 radical (unpaired) electrons. The van der Waals surface area contributed by atoms with E-state index in [-0.39, 0.29) is 5.11 Å². The fraction of sp³-hybridized carbons (Fsp3) is 0.167. The molecule has 0 fully saturated rings. The summed E-state index contributed by atoms with van der Waals surface area (Å²) >= 11 is 12.7. The number of hydrogen-bond donors (Lipinski definition) is 2. The van der Waals surface area contributed by atoms with Gasteiger partial charge in [-0.2, -0.15) is 0 Å². The average Bonchev–Trinajstić information content (AvgIpc) is 3.02. The van der Waals surface area contributed by atoms with E-state index in [4.69, 9.17) is 33.3 Å². The molecule has 0 saturated heterocycles. The lowest BCUT2D eigenvalue weighted by atomic mass is 10.1. The highest BCUT2D eigenvalue weighted by Crippen LogP contribution is 2.36. The van der Waals surface area contributed by atoms with Gasteiger partial charge in [0.1, 0.15) is 17.0 Å². The van der Waals surface area contributed by atoms with Gasteiger partial charge >= 0.3 is 0 Å². The van der Waals surface area contributed by atoms with Crippen molar-refractivity contribution < 1.29 is 14.3 Å². The zero-order chi connectivity index (χ0) is 19.6. The number of carbonyl (C=O) groups is 1. The predicted octanol–water partition coefficient (Wildman–Crippen LogP) is 4.40. The number of halogens is 1. The Balaban J connectivity index is 1.76. The van der Waals surface area contributed by atoms with Gasteiger partial charge in [-0.05, 0) is 42.9 Å². The molecule has 0 aliphatic heterocycles. The van der Waals surface area contributed by atoms with Crippen LogP contribution in [0.15, 0.2) is 30.3 Å². The van der Waals surface area contributed by atoms with Crippen molar-refractivity contribution in [3.05, 3.63) is 46.5 Å². The Kier molecular flexibility index (Phi) is 5.79. The third-order valence-corrected chi connectivity index (χ3v) is 5.14. The number of benzene rings is 2. The summed E-state index contributed by atoms with van der Waals surface area (Å²) in [5.74, 6) is 0.868. The molecule has 0 aliphatic carbocycles. The minimum Gasteiger partial charge on any atom is -0.497 e. The smallest absolute Gasteiger partial charge is 0.258 e. The quantitative estimate of drug-likeness (QED) is 0.608. The topological polar surface area (TPSA) is 72.5 Å². The summed E-state index contributed by atoms with van der Waals surface area (Å²) in [6.07, 6.45) is 0. The van der Waals surface area contributed by atoms with Gasteiger partial charge in [0.25, 0.3) is 5.91 Å². The van der Waals surface area contributed by atoms with Crippen LogP contribution in [0.25, 0.3) is 10.2 Å². The number of fused-ring (bicyclic) bond motifs is 1. The molecule has 0 atom stereocenters. The minimum atomic E-state index is -0.391. The fourth-order valence-electron chi connectivity index (χ4n) is 2.40. The van der Waals surface area contributed by atoms with Crippen LogP contribution in [0.4, 0.5) is 5.13 Å². The van der Waals surface area contributed by atoms with Crippen LogP contribution in [-0.2, 0) is 0 Å². The molecule has 0 aliphatic rings. The first-order chi connectivity index (χ1) is 12.9. The van der Waals surface area contributed by atoms with Gasteiger partial charge in [-0.3, -0.25) is 10.1 Å². The lowest BCUT2D eigenvalue weighted by Crippen LogP contribution is -2.34. The molecule has 1 aromatic heterocycles. The van der Waals surface area contributed by atoms with Crippen molar-refractivity contribution >= 4 is 61.5 Å². The van der Waals surface area contributed by atoms with E-state index < -0.39 is 5.91 Å².